The molecule has 0 bridgehead atoms. The Bertz CT molecular complexity index is 1240. The third-order valence-electron chi connectivity index (χ3n) is 6.85. The molecule has 0 unspecified atom stereocenters. The lowest BCUT2D eigenvalue weighted by molar-refractivity contribution is 0.0127. The number of piperidine rings is 1. The monoisotopic (exact) mass is 523 g/mol. The minimum atomic E-state index is -3.37. The fourth-order valence-corrected chi connectivity index (χ4v) is 5.17. The SMILES string of the molecule is Cc1cc(Nc2nc(C[C@@H]3CCN(Cc4cccc(Cl)c4F)[C@H](C)C3)c(F)c(C(C)(F)F)c2C)n[nH]1. The highest BCUT2D eigenvalue weighted by Gasteiger charge is 2.35. The van der Waals surface area contributed by atoms with E-state index >= 15 is 4.39 Å². The van der Waals surface area contributed by atoms with Gasteiger partial charge in [0.15, 0.2) is 11.6 Å². The number of pyridine rings is 1. The molecule has 1 fully saturated rings. The van der Waals surface area contributed by atoms with Gasteiger partial charge in [-0.2, -0.15) is 5.10 Å². The van der Waals surface area contributed by atoms with E-state index < -0.39 is 23.1 Å². The Balaban J connectivity index is 1.54. The largest absolute Gasteiger partial charge is 0.323 e. The molecule has 194 valence electrons. The number of likely N-dealkylation sites (tertiary alicyclic amines) is 1. The van der Waals surface area contributed by atoms with Gasteiger partial charge in [0.1, 0.15) is 11.6 Å². The van der Waals surface area contributed by atoms with Gasteiger partial charge in [0.2, 0.25) is 0 Å². The van der Waals surface area contributed by atoms with E-state index in [4.69, 9.17) is 11.6 Å². The number of aromatic amines is 1. The Morgan fingerprint density at radius 2 is 1.97 bits per heavy atom. The molecule has 0 spiro atoms. The van der Waals surface area contributed by atoms with Crippen LogP contribution in [0.25, 0.3) is 0 Å². The van der Waals surface area contributed by atoms with Gasteiger partial charge in [-0.15, -0.1) is 0 Å². The van der Waals surface area contributed by atoms with Crippen LogP contribution in [0.5, 0.6) is 0 Å². The van der Waals surface area contributed by atoms with Crippen molar-refractivity contribution in [3.63, 3.8) is 0 Å². The molecule has 4 rings (SSSR count). The van der Waals surface area contributed by atoms with E-state index in [-0.39, 0.29) is 40.5 Å². The molecular formula is C26H30ClF4N5. The van der Waals surface area contributed by atoms with Crippen LogP contribution in [0.4, 0.5) is 29.2 Å². The number of hydrogen-bond donors (Lipinski definition) is 2. The minimum Gasteiger partial charge on any atom is -0.323 e. The number of nitrogens with zero attached hydrogens (tertiary/aromatic N) is 3. The molecule has 1 aliphatic rings. The third-order valence-corrected chi connectivity index (χ3v) is 7.14. The van der Waals surface area contributed by atoms with Crippen LogP contribution in [0.2, 0.25) is 5.02 Å². The van der Waals surface area contributed by atoms with E-state index in [1.165, 1.54) is 13.0 Å². The molecular weight excluding hydrogens is 494 g/mol. The summed E-state index contributed by atoms with van der Waals surface area (Å²) in [5.41, 5.74) is 0.730. The van der Waals surface area contributed by atoms with Gasteiger partial charge in [0.05, 0.1) is 16.3 Å². The van der Waals surface area contributed by atoms with E-state index in [1.54, 1.807) is 18.2 Å². The Hall–Kier alpha value is -2.65. The van der Waals surface area contributed by atoms with E-state index in [1.807, 2.05) is 13.8 Å². The molecule has 2 N–H and O–H groups in total. The van der Waals surface area contributed by atoms with E-state index in [2.05, 4.69) is 25.4 Å². The number of aryl methyl sites for hydroxylation is 1. The van der Waals surface area contributed by atoms with Crippen molar-refractivity contribution in [2.24, 2.45) is 5.92 Å². The number of halogens is 5. The highest BCUT2D eigenvalue weighted by Crippen LogP contribution is 2.38. The zero-order valence-corrected chi connectivity index (χ0v) is 21.5. The second kappa shape index (κ2) is 10.4. The molecule has 1 saturated heterocycles. The van der Waals surface area contributed by atoms with Crippen molar-refractivity contribution < 1.29 is 17.6 Å². The molecule has 2 atom stereocenters. The van der Waals surface area contributed by atoms with Gasteiger partial charge in [0, 0.05) is 42.4 Å². The summed E-state index contributed by atoms with van der Waals surface area (Å²) in [4.78, 5) is 6.58. The maximum Gasteiger partial charge on any atom is 0.273 e. The molecule has 2 aromatic heterocycles. The lowest BCUT2D eigenvalue weighted by Gasteiger charge is -2.38. The molecule has 3 aromatic rings. The van der Waals surface area contributed by atoms with E-state index in [0.717, 1.165) is 5.69 Å². The van der Waals surface area contributed by atoms with Gasteiger partial charge < -0.3 is 5.32 Å². The summed E-state index contributed by atoms with van der Waals surface area (Å²) >= 11 is 5.92. The minimum absolute atomic E-state index is 0.0124. The van der Waals surface area contributed by atoms with Gasteiger partial charge in [-0.1, -0.05) is 23.7 Å². The highest BCUT2D eigenvalue weighted by molar-refractivity contribution is 6.30. The second-order valence-electron chi connectivity index (χ2n) is 9.80. The number of aromatic nitrogens is 3. The first kappa shape index (κ1) is 26.4. The highest BCUT2D eigenvalue weighted by atomic mass is 35.5. The number of rotatable bonds is 7. The van der Waals surface area contributed by atoms with Crippen LogP contribution in [0.3, 0.4) is 0 Å². The number of hydrogen-bond acceptors (Lipinski definition) is 4. The lowest BCUT2D eigenvalue weighted by atomic mass is 9.86. The second-order valence-corrected chi connectivity index (χ2v) is 10.2. The Kier molecular flexibility index (Phi) is 7.61. The van der Waals surface area contributed by atoms with Crippen LogP contribution in [0.1, 0.15) is 54.8 Å². The van der Waals surface area contributed by atoms with E-state index in [0.29, 0.717) is 44.2 Å². The molecule has 0 saturated carbocycles. The van der Waals surface area contributed by atoms with Crippen LogP contribution in [0, 0.1) is 31.4 Å². The molecule has 1 aliphatic heterocycles. The van der Waals surface area contributed by atoms with Crippen molar-refractivity contribution in [3.05, 3.63) is 69.0 Å². The average Bonchev–Trinajstić information content (AvgIpc) is 3.20. The van der Waals surface area contributed by atoms with Crippen molar-refractivity contribution >= 4 is 23.2 Å². The summed E-state index contributed by atoms with van der Waals surface area (Å²) in [6.45, 7) is 7.06. The van der Waals surface area contributed by atoms with Crippen LogP contribution in [-0.4, -0.2) is 32.7 Å². The smallest absolute Gasteiger partial charge is 0.273 e. The molecule has 0 aliphatic carbocycles. The van der Waals surface area contributed by atoms with Crippen molar-refractivity contribution in [2.75, 3.05) is 11.9 Å². The topological polar surface area (TPSA) is 56.8 Å². The summed E-state index contributed by atoms with van der Waals surface area (Å²) in [6.07, 6.45) is 1.64. The van der Waals surface area contributed by atoms with Gasteiger partial charge in [-0.3, -0.25) is 10.00 Å². The first-order chi connectivity index (χ1) is 16.9. The van der Waals surface area contributed by atoms with Crippen LogP contribution < -0.4 is 5.32 Å². The van der Waals surface area contributed by atoms with Crippen LogP contribution in [-0.2, 0) is 18.9 Å². The molecule has 5 nitrogen and oxygen atoms in total. The molecule has 10 heteroatoms. The number of alkyl halides is 2. The molecule has 0 radical (unpaired) electrons. The standard InChI is InChI=1S/C26H30ClF4N5/c1-14-10-21(35-34-14)33-25-16(3)22(26(4,30)31)24(29)20(32-25)12-17-8-9-36(15(2)11-17)13-18-6-5-7-19(27)23(18)28/h5-7,10,15,17H,8-9,11-13H2,1-4H3,(H2,32,33,34,35)/t15-,17-/m1/s1. The van der Waals surface area contributed by atoms with Crippen molar-refractivity contribution in [1.29, 1.82) is 0 Å². The fourth-order valence-electron chi connectivity index (χ4n) is 4.98. The number of H-pyrrole nitrogens is 1. The van der Waals surface area contributed by atoms with Gasteiger partial charge >= 0.3 is 0 Å². The first-order valence-electron chi connectivity index (χ1n) is 12.0. The summed E-state index contributed by atoms with van der Waals surface area (Å²) < 4.78 is 58.7. The molecule has 1 aromatic carbocycles. The third kappa shape index (κ3) is 5.67. The first-order valence-corrected chi connectivity index (χ1v) is 12.3. The maximum atomic E-state index is 15.4. The van der Waals surface area contributed by atoms with Crippen molar-refractivity contribution in [2.45, 2.75) is 65.5 Å². The van der Waals surface area contributed by atoms with Crippen molar-refractivity contribution in [3.8, 4) is 0 Å². The predicted molar refractivity (Wildman–Crippen MR) is 133 cm³/mol. The molecule has 3 heterocycles. The average molecular weight is 524 g/mol. The summed E-state index contributed by atoms with van der Waals surface area (Å²) in [5, 5.41) is 9.90. The number of anilines is 2. The van der Waals surface area contributed by atoms with Crippen LogP contribution >= 0.6 is 11.6 Å². The molecule has 0 amide bonds. The zero-order chi connectivity index (χ0) is 26.2. The summed E-state index contributed by atoms with van der Waals surface area (Å²) in [7, 11) is 0. The maximum absolute atomic E-state index is 15.4. The Morgan fingerprint density at radius 3 is 2.61 bits per heavy atom. The predicted octanol–water partition coefficient (Wildman–Crippen LogP) is 7.05. The van der Waals surface area contributed by atoms with Gasteiger partial charge in [0.25, 0.3) is 5.92 Å². The quantitative estimate of drug-likeness (QED) is 0.326. The normalized spacial score (nSPS) is 19.0. The lowest BCUT2D eigenvalue weighted by Crippen LogP contribution is -2.41. The van der Waals surface area contributed by atoms with Gasteiger partial charge in [-0.05, 0) is 58.6 Å². The summed E-state index contributed by atoms with van der Waals surface area (Å²) in [6, 6.07) is 6.76. The van der Waals surface area contributed by atoms with E-state index in [9.17, 15) is 13.2 Å². The summed E-state index contributed by atoms with van der Waals surface area (Å²) in [5.74, 6) is -4.12. The van der Waals surface area contributed by atoms with Crippen molar-refractivity contribution in [1.82, 2.24) is 20.1 Å². The zero-order valence-electron chi connectivity index (χ0n) is 20.7. The Morgan fingerprint density at radius 1 is 1.22 bits per heavy atom. The fraction of sp³-hybridized carbons (Fsp3) is 0.462. The number of benzene rings is 1. The number of nitrogens with one attached hydrogen (secondary N) is 2. The van der Waals surface area contributed by atoms with Crippen LogP contribution in [0.15, 0.2) is 24.3 Å². The Labute approximate surface area is 213 Å². The molecule has 36 heavy (non-hydrogen) atoms. The van der Waals surface area contributed by atoms with Gasteiger partial charge in [-0.25, -0.2) is 22.5 Å².